The number of hydrogen-bond donors (Lipinski definition) is 2. The Labute approximate surface area is 192 Å². The molecule has 0 radical (unpaired) electrons. The van der Waals surface area contributed by atoms with E-state index in [1.807, 2.05) is 4.57 Å². The highest BCUT2D eigenvalue weighted by molar-refractivity contribution is 5.70. The molecule has 5 rings (SSSR count). The normalized spacial score (nSPS) is 25.3. The third-order valence-corrected chi connectivity index (χ3v) is 6.65. The van der Waals surface area contributed by atoms with E-state index in [-0.39, 0.29) is 31.1 Å². The van der Waals surface area contributed by atoms with E-state index < -0.39 is 35.6 Å². The number of fused-ring (bicyclic) bond motifs is 1. The van der Waals surface area contributed by atoms with E-state index in [1.165, 1.54) is 0 Å². The van der Waals surface area contributed by atoms with Gasteiger partial charge in [-0.15, -0.1) is 10.2 Å². The van der Waals surface area contributed by atoms with Crippen molar-refractivity contribution >= 4 is 11.9 Å². The van der Waals surface area contributed by atoms with Crippen LogP contribution in [0.25, 0.3) is 0 Å². The van der Waals surface area contributed by atoms with E-state index in [0.717, 1.165) is 31.3 Å². The minimum absolute atomic E-state index is 0.0568. The lowest BCUT2D eigenvalue weighted by Crippen LogP contribution is -2.39. The van der Waals surface area contributed by atoms with Gasteiger partial charge >= 0.3 is 12.1 Å². The Kier molecular flexibility index (Phi) is 6.04. The Bertz CT molecular complexity index is 1060. The molecule has 13 heteroatoms. The molecule has 0 amide bonds. The van der Waals surface area contributed by atoms with Crippen molar-refractivity contribution in [1.82, 2.24) is 24.7 Å². The second kappa shape index (κ2) is 9.01. The molecule has 184 valence electrons. The van der Waals surface area contributed by atoms with Crippen molar-refractivity contribution in [2.75, 3.05) is 18.5 Å². The van der Waals surface area contributed by atoms with Gasteiger partial charge in [-0.25, -0.2) is 4.98 Å². The van der Waals surface area contributed by atoms with Gasteiger partial charge in [0.1, 0.15) is 23.3 Å². The average Bonchev–Trinajstić information content (AvgIpc) is 3.19. The molecule has 10 nitrogen and oxygen atoms in total. The Morgan fingerprint density at radius 1 is 1.24 bits per heavy atom. The van der Waals surface area contributed by atoms with Crippen molar-refractivity contribution in [3.63, 3.8) is 0 Å². The van der Waals surface area contributed by atoms with Crippen molar-refractivity contribution in [2.45, 2.75) is 69.3 Å². The predicted octanol–water partition coefficient (Wildman–Crippen LogP) is 2.65. The number of halogens is 3. The van der Waals surface area contributed by atoms with Crippen LogP contribution in [0, 0.1) is 5.92 Å². The van der Waals surface area contributed by atoms with Crippen LogP contribution in [0.5, 0.6) is 5.88 Å². The summed E-state index contributed by atoms with van der Waals surface area (Å²) in [6, 6.07) is -0.0568. The molecule has 4 heterocycles. The summed E-state index contributed by atoms with van der Waals surface area (Å²) < 4.78 is 52.5. The first kappa shape index (κ1) is 22.8. The molecule has 2 N–H and O–H groups in total. The van der Waals surface area contributed by atoms with Gasteiger partial charge in [0, 0.05) is 31.1 Å². The van der Waals surface area contributed by atoms with Gasteiger partial charge < -0.3 is 24.5 Å². The summed E-state index contributed by atoms with van der Waals surface area (Å²) in [7, 11) is 0. The zero-order valence-electron chi connectivity index (χ0n) is 18.3. The van der Waals surface area contributed by atoms with Crippen LogP contribution in [0.15, 0.2) is 6.20 Å². The molecule has 1 aliphatic carbocycles. The van der Waals surface area contributed by atoms with Gasteiger partial charge in [0.15, 0.2) is 0 Å². The van der Waals surface area contributed by atoms with E-state index >= 15 is 0 Å². The van der Waals surface area contributed by atoms with Crippen LogP contribution >= 0.6 is 0 Å². The predicted molar refractivity (Wildman–Crippen MR) is 110 cm³/mol. The molecule has 34 heavy (non-hydrogen) atoms. The van der Waals surface area contributed by atoms with Gasteiger partial charge in [-0.2, -0.15) is 18.2 Å². The maximum absolute atomic E-state index is 13.4. The van der Waals surface area contributed by atoms with Gasteiger partial charge in [-0.3, -0.25) is 4.79 Å². The van der Waals surface area contributed by atoms with Crippen LogP contribution in [0.3, 0.4) is 0 Å². The molecule has 0 aromatic carbocycles. The van der Waals surface area contributed by atoms with Gasteiger partial charge in [0.05, 0.1) is 19.1 Å². The van der Waals surface area contributed by atoms with E-state index in [9.17, 15) is 23.1 Å². The fraction of sp³-hybridized carbons (Fsp3) is 0.667. The topological polar surface area (TPSA) is 124 Å². The monoisotopic (exact) mass is 482 g/mol. The molecular formula is C21H25F3N6O4. The number of nitrogens with zero attached hydrogens (tertiary/aromatic N) is 5. The minimum Gasteiger partial charge on any atom is -0.481 e. The minimum atomic E-state index is -4.62. The number of carboxylic acids is 1. The lowest BCUT2D eigenvalue weighted by molar-refractivity contribution is -0.143. The average molecular weight is 482 g/mol. The molecule has 2 aromatic rings. The molecule has 0 bridgehead atoms. The summed E-state index contributed by atoms with van der Waals surface area (Å²) >= 11 is 0. The summed E-state index contributed by atoms with van der Waals surface area (Å²) in [5.41, 5.74) is -1.01. The fourth-order valence-electron chi connectivity index (χ4n) is 4.76. The molecule has 3 atom stereocenters. The Hall–Kier alpha value is -2.96. The summed E-state index contributed by atoms with van der Waals surface area (Å²) in [6.45, 7) is 1.02. The smallest absolute Gasteiger partial charge is 0.423 e. The molecule has 1 saturated carbocycles. The van der Waals surface area contributed by atoms with Crippen molar-refractivity contribution < 1.29 is 32.5 Å². The van der Waals surface area contributed by atoms with Crippen molar-refractivity contribution in [2.24, 2.45) is 5.92 Å². The quantitative estimate of drug-likeness (QED) is 0.639. The highest BCUT2D eigenvalue weighted by Gasteiger charge is 2.38. The molecule has 0 unspecified atom stereocenters. The largest absolute Gasteiger partial charge is 0.481 e. The molecular weight excluding hydrogens is 457 g/mol. The summed E-state index contributed by atoms with van der Waals surface area (Å²) in [5.74, 6) is -0.0328. The number of rotatable bonds is 6. The summed E-state index contributed by atoms with van der Waals surface area (Å²) in [4.78, 5) is 19.2. The number of hydrogen-bond acceptors (Lipinski definition) is 8. The number of nitrogens with one attached hydrogen (secondary N) is 1. The van der Waals surface area contributed by atoms with E-state index in [1.54, 1.807) is 0 Å². The van der Waals surface area contributed by atoms with E-state index in [0.29, 0.717) is 31.6 Å². The fourth-order valence-corrected chi connectivity index (χ4v) is 4.76. The van der Waals surface area contributed by atoms with E-state index in [4.69, 9.17) is 9.47 Å². The SMILES string of the molecule is O=C(O)[C@H]1CCn2c(nnc2[C@H]2CCC[C@@H](Nc3ncc(C(F)(F)F)c(OC4COC4)n3)C2)C1. The van der Waals surface area contributed by atoms with Gasteiger partial charge in [0.25, 0.3) is 0 Å². The lowest BCUT2D eigenvalue weighted by atomic mass is 9.85. The van der Waals surface area contributed by atoms with Crippen LogP contribution in [-0.2, 0) is 28.7 Å². The number of carboxylic acid groups (broad SMARTS) is 1. The van der Waals surface area contributed by atoms with Gasteiger partial charge in [0.2, 0.25) is 11.8 Å². The zero-order chi connectivity index (χ0) is 23.9. The number of aliphatic carboxylic acids is 1. The first-order chi connectivity index (χ1) is 16.3. The van der Waals surface area contributed by atoms with Crippen LogP contribution in [0.2, 0.25) is 0 Å². The van der Waals surface area contributed by atoms with Crippen LogP contribution in [0.4, 0.5) is 19.1 Å². The highest BCUT2D eigenvalue weighted by atomic mass is 19.4. The molecule has 3 aliphatic rings. The molecule has 1 saturated heterocycles. The number of carbonyl (C=O) groups is 1. The van der Waals surface area contributed by atoms with Gasteiger partial charge in [-0.1, -0.05) is 6.42 Å². The maximum atomic E-state index is 13.4. The third kappa shape index (κ3) is 4.65. The zero-order valence-corrected chi connectivity index (χ0v) is 18.3. The first-order valence-electron chi connectivity index (χ1n) is 11.4. The Morgan fingerprint density at radius 2 is 2.06 bits per heavy atom. The van der Waals surface area contributed by atoms with Gasteiger partial charge in [-0.05, 0) is 25.7 Å². The second-order valence-electron chi connectivity index (χ2n) is 9.05. The second-order valence-corrected chi connectivity index (χ2v) is 9.05. The summed E-state index contributed by atoms with van der Waals surface area (Å²) in [6.07, 6.45) is -0.121. The Balaban J connectivity index is 1.29. The molecule has 2 aliphatic heterocycles. The van der Waals surface area contributed by atoms with Crippen molar-refractivity contribution in [3.8, 4) is 5.88 Å². The number of alkyl halides is 3. The van der Waals surface area contributed by atoms with Crippen molar-refractivity contribution in [3.05, 3.63) is 23.4 Å². The number of anilines is 1. The molecule has 2 aromatic heterocycles. The van der Waals surface area contributed by atoms with Crippen LogP contribution in [-0.4, -0.2) is 61.2 Å². The molecule has 2 fully saturated rings. The maximum Gasteiger partial charge on any atom is 0.423 e. The third-order valence-electron chi connectivity index (χ3n) is 6.65. The number of aromatic nitrogens is 5. The van der Waals surface area contributed by atoms with E-state index in [2.05, 4.69) is 25.5 Å². The highest BCUT2D eigenvalue weighted by Crippen LogP contribution is 2.37. The number of ether oxygens (including phenoxy) is 2. The standard InChI is InChI=1S/C21H25F3N6O4/c22-21(23,24)15-8-25-20(27-18(15)34-14-9-33-10-14)26-13-3-1-2-11(6-13)17-29-28-16-7-12(19(31)32)4-5-30(16)17/h8,11-14H,1-7,9-10H2,(H,31,32)(H,25,26,27)/t11-,12-,13+/m0/s1. The van der Waals surface area contributed by atoms with Crippen LogP contribution in [0.1, 0.15) is 55.2 Å². The van der Waals surface area contributed by atoms with Crippen LogP contribution < -0.4 is 10.1 Å². The Morgan fingerprint density at radius 3 is 2.76 bits per heavy atom. The first-order valence-corrected chi connectivity index (χ1v) is 11.4. The molecule has 0 spiro atoms. The summed E-state index contributed by atoms with van der Waals surface area (Å²) in [5, 5.41) is 21.0. The van der Waals surface area contributed by atoms with Crippen molar-refractivity contribution in [1.29, 1.82) is 0 Å². The lowest BCUT2D eigenvalue weighted by Gasteiger charge is -2.31.